The Morgan fingerprint density at radius 2 is 2.05 bits per heavy atom. The number of nitrogens with zero attached hydrogens (tertiary/aromatic N) is 1. The monoisotopic (exact) mass is 269 g/mol. The zero-order valence-electron chi connectivity index (χ0n) is 11.9. The van der Waals surface area contributed by atoms with E-state index in [1.165, 1.54) is 13.0 Å². The maximum Gasteiger partial charge on any atom is 0.249 e. The van der Waals surface area contributed by atoms with Crippen molar-refractivity contribution in [1.82, 2.24) is 10.2 Å². The van der Waals surface area contributed by atoms with Crippen molar-refractivity contribution in [2.24, 2.45) is 5.73 Å². The van der Waals surface area contributed by atoms with E-state index in [-0.39, 0.29) is 18.1 Å². The highest BCUT2D eigenvalue weighted by Gasteiger charge is 2.31. The standard InChI is InChI=1S/C14H27N3O2/c1-2-7-17-8-5-11(6-9-17)16-14(18)13-4-3-12(10-15)19-13/h11-13H,2-10,15H2,1H3,(H,16,18). The SMILES string of the molecule is CCCN1CCC(NC(=O)C2CCC(CN)O2)CC1. The first-order chi connectivity index (χ1) is 9.22. The minimum Gasteiger partial charge on any atom is -0.364 e. The molecule has 3 N–H and O–H groups in total. The van der Waals surface area contributed by atoms with E-state index in [1.807, 2.05) is 0 Å². The number of nitrogens with two attached hydrogens (primary N) is 1. The summed E-state index contributed by atoms with van der Waals surface area (Å²) in [5, 5.41) is 3.14. The normalized spacial score (nSPS) is 29.6. The Kier molecular flexibility index (Phi) is 5.60. The molecule has 19 heavy (non-hydrogen) atoms. The molecular formula is C14H27N3O2. The largest absolute Gasteiger partial charge is 0.364 e. The fraction of sp³-hybridized carbons (Fsp3) is 0.929. The van der Waals surface area contributed by atoms with Gasteiger partial charge in [0.25, 0.3) is 0 Å². The Balaban J connectivity index is 1.69. The van der Waals surface area contributed by atoms with Gasteiger partial charge in [0.1, 0.15) is 6.10 Å². The third kappa shape index (κ3) is 4.16. The molecule has 0 aromatic rings. The van der Waals surface area contributed by atoms with Crippen LogP contribution in [0.3, 0.4) is 0 Å². The molecule has 2 saturated heterocycles. The van der Waals surface area contributed by atoms with E-state index in [2.05, 4.69) is 17.1 Å². The summed E-state index contributed by atoms with van der Waals surface area (Å²) >= 11 is 0. The molecule has 0 spiro atoms. The van der Waals surface area contributed by atoms with E-state index >= 15 is 0 Å². The van der Waals surface area contributed by atoms with Crippen LogP contribution in [0.1, 0.15) is 39.0 Å². The summed E-state index contributed by atoms with van der Waals surface area (Å²) in [6.07, 6.45) is 4.82. The van der Waals surface area contributed by atoms with Crippen molar-refractivity contribution >= 4 is 5.91 Å². The van der Waals surface area contributed by atoms with E-state index in [1.54, 1.807) is 0 Å². The van der Waals surface area contributed by atoms with Crippen LogP contribution in [0.25, 0.3) is 0 Å². The number of piperidine rings is 1. The number of hydrogen-bond acceptors (Lipinski definition) is 4. The topological polar surface area (TPSA) is 67.6 Å². The maximum atomic E-state index is 12.1. The molecule has 0 radical (unpaired) electrons. The molecule has 5 heteroatoms. The van der Waals surface area contributed by atoms with Crippen LogP contribution in [0, 0.1) is 0 Å². The Bertz CT molecular complexity index is 290. The van der Waals surface area contributed by atoms with Gasteiger partial charge in [-0.3, -0.25) is 4.79 Å². The first-order valence-electron chi connectivity index (χ1n) is 7.61. The van der Waals surface area contributed by atoms with Gasteiger partial charge in [-0.05, 0) is 38.6 Å². The molecule has 2 aliphatic rings. The molecule has 0 aliphatic carbocycles. The zero-order chi connectivity index (χ0) is 13.7. The van der Waals surface area contributed by atoms with Crippen molar-refractivity contribution in [3.05, 3.63) is 0 Å². The van der Waals surface area contributed by atoms with Gasteiger partial charge in [0, 0.05) is 25.7 Å². The molecule has 1 amide bonds. The number of likely N-dealkylation sites (tertiary alicyclic amines) is 1. The van der Waals surface area contributed by atoms with Crippen molar-refractivity contribution < 1.29 is 9.53 Å². The van der Waals surface area contributed by atoms with Crippen molar-refractivity contribution in [3.63, 3.8) is 0 Å². The summed E-state index contributed by atoms with van der Waals surface area (Å²) in [4.78, 5) is 14.6. The number of rotatable bonds is 5. The Hall–Kier alpha value is -0.650. The number of carbonyl (C=O) groups excluding carboxylic acids is 1. The van der Waals surface area contributed by atoms with E-state index in [4.69, 9.17) is 10.5 Å². The van der Waals surface area contributed by atoms with Gasteiger partial charge in [0.05, 0.1) is 6.10 Å². The van der Waals surface area contributed by atoms with Crippen LogP contribution in [0.4, 0.5) is 0 Å². The van der Waals surface area contributed by atoms with Gasteiger partial charge in [-0.1, -0.05) is 6.92 Å². The summed E-state index contributed by atoms with van der Waals surface area (Å²) in [5.41, 5.74) is 5.56. The molecule has 110 valence electrons. The molecule has 0 aromatic heterocycles. The zero-order valence-corrected chi connectivity index (χ0v) is 11.9. The van der Waals surface area contributed by atoms with Crippen LogP contribution in [0.5, 0.6) is 0 Å². The highest BCUT2D eigenvalue weighted by atomic mass is 16.5. The fourth-order valence-corrected chi connectivity index (χ4v) is 2.98. The van der Waals surface area contributed by atoms with Gasteiger partial charge in [-0.25, -0.2) is 0 Å². The molecule has 5 nitrogen and oxygen atoms in total. The molecule has 2 unspecified atom stereocenters. The van der Waals surface area contributed by atoms with Crippen LogP contribution in [-0.4, -0.2) is 55.2 Å². The second-order valence-electron chi connectivity index (χ2n) is 5.68. The average Bonchev–Trinajstić information content (AvgIpc) is 2.90. The van der Waals surface area contributed by atoms with Crippen molar-refractivity contribution in [3.8, 4) is 0 Å². The Labute approximate surface area is 115 Å². The predicted octanol–water partition coefficient (Wildman–Crippen LogP) is 0.483. The van der Waals surface area contributed by atoms with E-state index in [9.17, 15) is 4.79 Å². The van der Waals surface area contributed by atoms with Crippen LogP contribution < -0.4 is 11.1 Å². The molecule has 0 bridgehead atoms. The lowest BCUT2D eigenvalue weighted by molar-refractivity contribution is -0.132. The predicted molar refractivity (Wildman–Crippen MR) is 74.8 cm³/mol. The number of hydrogen-bond donors (Lipinski definition) is 2. The fourth-order valence-electron chi connectivity index (χ4n) is 2.98. The molecular weight excluding hydrogens is 242 g/mol. The van der Waals surface area contributed by atoms with Gasteiger partial charge in [0.2, 0.25) is 5.91 Å². The summed E-state index contributed by atoms with van der Waals surface area (Å²) in [5.74, 6) is 0.0601. The molecule has 2 fully saturated rings. The van der Waals surface area contributed by atoms with E-state index < -0.39 is 0 Å². The first kappa shape index (κ1) is 14.8. The Morgan fingerprint density at radius 3 is 2.63 bits per heavy atom. The highest BCUT2D eigenvalue weighted by Crippen LogP contribution is 2.19. The summed E-state index contributed by atoms with van der Waals surface area (Å²) in [6.45, 7) is 6.08. The lowest BCUT2D eigenvalue weighted by Crippen LogP contribution is -2.47. The summed E-state index contributed by atoms with van der Waals surface area (Å²) < 4.78 is 5.63. The summed E-state index contributed by atoms with van der Waals surface area (Å²) in [7, 11) is 0. The Morgan fingerprint density at radius 1 is 1.32 bits per heavy atom. The van der Waals surface area contributed by atoms with Gasteiger partial charge in [0.15, 0.2) is 0 Å². The molecule has 0 aromatic carbocycles. The minimum atomic E-state index is -0.276. The number of amides is 1. The van der Waals surface area contributed by atoms with Gasteiger partial charge in [-0.2, -0.15) is 0 Å². The summed E-state index contributed by atoms with van der Waals surface area (Å²) in [6, 6.07) is 0.320. The molecule has 2 aliphatic heterocycles. The first-order valence-corrected chi connectivity index (χ1v) is 7.61. The van der Waals surface area contributed by atoms with Crippen LogP contribution in [-0.2, 0) is 9.53 Å². The third-order valence-electron chi connectivity index (χ3n) is 4.14. The lowest BCUT2D eigenvalue weighted by atomic mass is 10.0. The van der Waals surface area contributed by atoms with Gasteiger partial charge >= 0.3 is 0 Å². The van der Waals surface area contributed by atoms with Crippen LogP contribution in [0.15, 0.2) is 0 Å². The second-order valence-corrected chi connectivity index (χ2v) is 5.68. The van der Waals surface area contributed by atoms with Gasteiger partial charge < -0.3 is 20.7 Å². The quantitative estimate of drug-likeness (QED) is 0.762. The lowest BCUT2D eigenvalue weighted by Gasteiger charge is -2.32. The molecule has 2 atom stereocenters. The smallest absolute Gasteiger partial charge is 0.249 e. The molecule has 2 rings (SSSR count). The second kappa shape index (κ2) is 7.22. The third-order valence-corrected chi connectivity index (χ3v) is 4.14. The average molecular weight is 269 g/mol. The van der Waals surface area contributed by atoms with E-state index in [0.717, 1.165) is 38.8 Å². The molecule has 2 heterocycles. The van der Waals surface area contributed by atoms with Crippen molar-refractivity contribution in [2.75, 3.05) is 26.2 Å². The maximum absolute atomic E-state index is 12.1. The number of ether oxygens (including phenoxy) is 1. The number of carbonyl (C=O) groups is 1. The molecule has 0 saturated carbocycles. The van der Waals surface area contributed by atoms with E-state index in [0.29, 0.717) is 12.6 Å². The van der Waals surface area contributed by atoms with Crippen LogP contribution in [0.2, 0.25) is 0 Å². The van der Waals surface area contributed by atoms with Gasteiger partial charge in [-0.15, -0.1) is 0 Å². The minimum absolute atomic E-state index is 0.0601. The highest BCUT2D eigenvalue weighted by molar-refractivity contribution is 5.81. The van der Waals surface area contributed by atoms with Crippen molar-refractivity contribution in [1.29, 1.82) is 0 Å². The van der Waals surface area contributed by atoms with Crippen LogP contribution >= 0.6 is 0 Å². The van der Waals surface area contributed by atoms with Crippen molar-refractivity contribution in [2.45, 2.75) is 57.3 Å². The number of nitrogens with one attached hydrogen (secondary N) is 1.